The highest BCUT2D eigenvalue weighted by Crippen LogP contribution is 2.42. The summed E-state index contributed by atoms with van der Waals surface area (Å²) in [5.74, 6) is 1.22. The minimum atomic E-state index is -0.159. The highest BCUT2D eigenvalue weighted by Gasteiger charge is 2.19. The Morgan fingerprint density at radius 3 is 2.26 bits per heavy atom. The summed E-state index contributed by atoms with van der Waals surface area (Å²) >= 11 is 6.92. The molecule has 0 radical (unpaired) electrons. The second kappa shape index (κ2) is 11.2. The maximum Gasteiger partial charge on any atom is 0.127 e. The van der Waals surface area contributed by atoms with Gasteiger partial charge < -0.3 is 5.32 Å². The molecule has 4 heteroatoms. The quantitative estimate of drug-likeness (QED) is 0.326. The van der Waals surface area contributed by atoms with Crippen LogP contribution in [-0.4, -0.2) is 11.5 Å². The van der Waals surface area contributed by atoms with E-state index in [2.05, 4.69) is 64.0 Å². The summed E-state index contributed by atoms with van der Waals surface area (Å²) < 4.78 is 14.9. The number of benzene rings is 2. The average molecular weight is 479 g/mol. The molecule has 3 rings (SSSR count). The van der Waals surface area contributed by atoms with Gasteiger partial charge in [-0.1, -0.05) is 49.2 Å². The lowest BCUT2D eigenvalue weighted by atomic mass is 9.87. The molecule has 0 spiro atoms. The molecule has 0 aliphatic rings. The fourth-order valence-electron chi connectivity index (χ4n) is 4.25. The first-order valence-corrected chi connectivity index (χ1v) is 12.4. The van der Waals surface area contributed by atoms with E-state index >= 15 is 0 Å². The predicted octanol–water partition coefficient (Wildman–Crippen LogP) is 9.10. The third-order valence-corrected chi connectivity index (χ3v) is 6.89. The number of allylic oxidation sites excluding steroid dienone is 1. The molecule has 2 aromatic carbocycles. The fraction of sp³-hybridized carbons (Fsp3) is 0.367. The zero-order valence-electron chi connectivity index (χ0n) is 21.4. The van der Waals surface area contributed by atoms with Gasteiger partial charge in [0.1, 0.15) is 11.6 Å². The highest BCUT2D eigenvalue weighted by molar-refractivity contribution is 6.35. The second-order valence-corrected chi connectivity index (χ2v) is 10.2. The molecule has 0 amide bonds. The largest absolute Gasteiger partial charge is 0.367 e. The Morgan fingerprint density at radius 1 is 1.00 bits per heavy atom. The normalized spacial score (nSPS) is 11.1. The van der Waals surface area contributed by atoms with Crippen molar-refractivity contribution in [3.63, 3.8) is 0 Å². The van der Waals surface area contributed by atoms with Crippen LogP contribution in [0, 0.1) is 32.5 Å². The standard InChI is InChI=1S/C30H36ClFN2/c1-18(2)8-9-23-10-11-24(16-26(23)32)29-21(6)20(5)28(22(7)30(29)31)25-12-13-27(34-17-25)33-15-14-19(3)4/h10-14,16-18H,8-9,15H2,1-7H3,(H,33,34). The van der Waals surface area contributed by atoms with Gasteiger partial charge in [-0.2, -0.15) is 0 Å². The Labute approximate surface area is 209 Å². The number of pyridine rings is 1. The summed E-state index contributed by atoms with van der Waals surface area (Å²) in [6, 6.07) is 9.62. The van der Waals surface area contributed by atoms with Gasteiger partial charge in [-0.3, -0.25) is 0 Å². The Morgan fingerprint density at radius 2 is 1.68 bits per heavy atom. The number of nitrogens with one attached hydrogen (secondary N) is 1. The molecule has 0 saturated heterocycles. The van der Waals surface area contributed by atoms with Gasteiger partial charge in [-0.05, 0) is 105 Å². The SMILES string of the molecule is CC(C)=CCNc1ccc(-c2c(C)c(C)c(-c3ccc(CCC(C)C)c(F)c3)c(Cl)c2C)cn1. The van der Waals surface area contributed by atoms with Crippen molar-refractivity contribution >= 4 is 17.4 Å². The number of rotatable bonds is 8. The number of hydrogen-bond donors (Lipinski definition) is 1. The topological polar surface area (TPSA) is 24.9 Å². The Bertz CT molecular complexity index is 1160. The molecule has 2 nitrogen and oxygen atoms in total. The first kappa shape index (κ1) is 26.0. The summed E-state index contributed by atoms with van der Waals surface area (Å²) in [6.07, 6.45) is 5.74. The summed E-state index contributed by atoms with van der Waals surface area (Å²) in [4.78, 5) is 4.59. The molecule has 1 aromatic heterocycles. The van der Waals surface area contributed by atoms with Crippen LogP contribution in [0.4, 0.5) is 10.2 Å². The van der Waals surface area contributed by atoms with Crippen LogP contribution < -0.4 is 5.32 Å². The van der Waals surface area contributed by atoms with E-state index < -0.39 is 0 Å². The van der Waals surface area contributed by atoms with Crippen LogP contribution in [0.3, 0.4) is 0 Å². The first-order valence-electron chi connectivity index (χ1n) is 12.0. The molecule has 0 aliphatic heterocycles. The van der Waals surface area contributed by atoms with Crippen LogP contribution in [-0.2, 0) is 6.42 Å². The van der Waals surface area contributed by atoms with Crippen LogP contribution in [0.15, 0.2) is 48.2 Å². The maximum atomic E-state index is 14.9. The smallest absolute Gasteiger partial charge is 0.127 e. The molecular weight excluding hydrogens is 443 g/mol. The minimum absolute atomic E-state index is 0.159. The second-order valence-electron chi connectivity index (χ2n) is 9.77. The van der Waals surface area contributed by atoms with Gasteiger partial charge in [0.15, 0.2) is 0 Å². The average Bonchev–Trinajstić information content (AvgIpc) is 2.78. The number of aromatic nitrogens is 1. The predicted molar refractivity (Wildman–Crippen MR) is 145 cm³/mol. The number of aryl methyl sites for hydroxylation is 1. The number of hydrogen-bond acceptors (Lipinski definition) is 2. The van der Waals surface area contributed by atoms with Gasteiger partial charge in [0.25, 0.3) is 0 Å². The van der Waals surface area contributed by atoms with Crippen molar-refractivity contribution in [1.29, 1.82) is 0 Å². The van der Waals surface area contributed by atoms with Crippen molar-refractivity contribution in [2.24, 2.45) is 5.92 Å². The molecule has 1 heterocycles. The van der Waals surface area contributed by atoms with Gasteiger partial charge in [0.2, 0.25) is 0 Å². The molecule has 1 N–H and O–H groups in total. The molecular formula is C30H36ClFN2. The van der Waals surface area contributed by atoms with E-state index in [-0.39, 0.29) is 5.82 Å². The fourth-order valence-corrected chi connectivity index (χ4v) is 4.60. The van der Waals surface area contributed by atoms with Crippen molar-refractivity contribution < 1.29 is 4.39 Å². The minimum Gasteiger partial charge on any atom is -0.367 e. The van der Waals surface area contributed by atoms with E-state index in [0.29, 0.717) is 10.9 Å². The van der Waals surface area contributed by atoms with Crippen LogP contribution >= 0.6 is 11.6 Å². The summed E-state index contributed by atoms with van der Waals surface area (Å²) in [5.41, 5.74) is 9.05. The van der Waals surface area contributed by atoms with E-state index in [1.165, 1.54) is 5.57 Å². The van der Waals surface area contributed by atoms with Crippen molar-refractivity contribution in [3.8, 4) is 22.3 Å². The zero-order valence-corrected chi connectivity index (χ0v) is 22.2. The van der Waals surface area contributed by atoms with E-state index in [1.807, 2.05) is 31.3 Å². The molecule has 0 saturated carbocycles. The summed E-state index contributed by atoms with van der Waals surface area (Å²) in [5, 5.41) is 3.98. The third kappa shape index (κ3) is 5.88. The molecule has 3 aromatic rings. The maximum absolute atomic E-state index is 14.9. The van der Waals surface area contributed by atoms with Crippen molar-refractivity contribution in [2.45, 2.75) is 61.3 Å². The number of halogens is 2. The van der Waals surface area contributed by atoms with Crippen LogP contribution in [0.2, 0.25) is 5.02 Å². The molecule has 34 heavy (non-hydrogen) atoms. The van der Waals surface area contributed by atoms with E-state index in [0.717, 1.165) is 69.7 Å². The van der Waals surface area contributed by atoms with Gasteiger partial charge in [0.05, 0.1) is 5.02 Å². The van der Waals surface area contributed by atoms with E-state index in [9.17, 15) is 4.39 Å². The van der Waals surface area contributed by atoms with Crippen molar-refractivity contribution in [3.05, 3.63) is 81.3 Å². The molecule has 0 bridgehead atoms. The Hall–Kier alpha value is -2.65. The van der Waals surface area contributed by atoms with E-state index in [1.54, 1.807) is 6.07 Å². The Balaban J connectivity index is 1.96. The molecule has 0 atom stereocenters. The molecule has 0 unspecified atom stereocenters. The van der Waals surface area contributed by atoms with Crippen molar-refractivity contribution in [2.75, 3.05) is 11.9 Å². The zero-order chi connectivity index (χ0) is 25.0. The van der Waals surface area contributed by atoms with Gasteiger partial charge >= 0.3 is 0 Å². The first-order chi connectivity index (χ1) is 16.1. The molecule has 0 fully saturated rings. The van der Waals surface area contributed by atoms with Gasteiger partial charge in [0, 0.05) is 23.9 Å². The van der Waals surface area contributed by atoms with E-state index in [4.69, 9.17) is 11.6 Å². The summed E-state index contributed by atoms with van der Waals surface area (Å²) in [6.45, 7) is 15.4. The lowest BCUT2D eigenvalue weighted by Gasteiger charge is -2.20. The van der Waals surface area contributed by atoms with Crippen LogP contribution in [0.1, 0.15) is 56.4 Å². The van der Waals surface area contributed by atoms with Gasteiger partial charge in [-0.25, -0.2) is 9.37 Å². The number of nitrogens with zero attached hydrogens (tertiary/aromatic N) is 1. The van der Waals surface area contributed by atoms with Gasteiger partial charge in [-0.15, -0.1) is 0 Å². The highest BCUT2D eigenvalue weighted by atomic mass is 35.5. The lowest BCUT2D eigenvalue weighted by Crippen LogP contribution is -2.02. The molecule has 180 valence electrons. The lowest BCUT2D eigenvalue weighted by molar-refractivity contribution is 0.558. The van der Waals surface area contributed by atoms with Crippen LogP contribution in [0.25, 0.3) is 22.3 Å². The van der Waals surface area contributed by atoms with Crippen molar-refractivity contribution in [1.82, 2.24) is 4.98 Å². The molecule has 0 aliphatic carbocycles. The number of anilines is 1. The third-order valence-electron chi connectivity index (χ3n) is 6.41. The monoisotopic (exact) mass is 478 g/mol. The van der Waals surface area contributed by atoms with Crippen LogP contribution in [0.5, 0.6) is 0 Å². The summed E-state index contributed by atoms with van der Waals surface area (Å²) in [7, 11) is 0. The Kier molecular flexibility index (Phi) is 8.54.